The lowest BCUT2D eigenvalue weighted by atomic mass is 10.2. The van der Waals surface area contributed by atoms with Gasteiger partial charge >= 0.3 is 0 Å². The number of nitrogens with zero attached hydrogens (tertiary/aromatic N) is 1. The van der Waals surface area contributed by atoms with Crippen LogP contribution < -0.4 is 11.1 Å². The maximum absolute atomic E-state index is 5.65. The lowest BCUT2D eigenvalue weighted by Crippen LogP contribution is -2.34. The van der Waals surface area contributed by atoms with Crippen molar-refractivity contribution in [2.75, 3.05) is 30.7 Å². The Kier molecular flexibility index (Phi) is 5.12. The zero-order chi connectivity index (χ0) is 12.0. The maximum atomic E-state index is 5.65. The Morgan fingerprint density at radius 3 is 2.25 bits per heavy atom. The number of likely N-dealkylation sites (N-methyl/N-ethyl adjacent to an activating group) is 1. The molecule has 1 aromatic rings. The molecule has 0 aromatic heterocycles. The van der Waals surface area contributed by atoms with E-state index >= 15 is 0 Å². The number of hydrogen-bond acceptors (Lipinski definition) is 3. The van der Waals surface area contributed by atoms with Crippen molar-refractivity contribution >= 4 is 11.4 Å². The first-order chi connectivity index (χ1) is 7.65. The molecule has 0 fully saturated rings. The largest absolute Gasteiger partial charge is 0.399 e. The fourth-order valence-electron chi connectivity index (χ4n) is 1.78. The van der Waals surface area contributed by atoms with Gasteiger partial charge in [0.05, 0.1) is 0 Å². The zero-order valence-electron chi connectivity index (χ0n) is 10.5. The Hall–Kier alpha value is -1.22. The molecule has 0 heterocycles. The van der Waals surface area contributed by atoms with Crippen LogP contribution >= 0.6 is 0 Å². The maximum Gasteiger partial charge on any atom is 0.0360 e. The molecule has 1 aromatic carbocycles. The van der Waals surface area contributed by atoms with Crippen molar-refractivity contribution in [3.05, 3.63) is 24.3 Å². The molecule has 1 unspecified atom stereocenters. The number of benzene rings is 1. The summed E-state index contributed by atoms with van der Waals surface area (Å²) in [5, 5.41) is 3.47. The molecule has 0 spiro atoms. The summed E-state index contributed by atoms with van der Waals surface area (Å²) in [6, 6.07) is 8.34. The van der Waals surface area contributed by atoms with E-state index in [2.05, 4.69) is 31.0 Å². The second kappa shape index (κ2) is 6.38. The van der Waals surface area contributed by atoms with Crippen LogP contribution in [-0.4, -0.2) is 30.6 Å². The van der Waals surface area contributed by atoms with E-state index in [-0.39, 0.29) is 0 Å². The number of nitrogens with two attached hydrogens (primary N) is 1. The minimum atomic E-state index is 0.448. The van der Waals surface area contributed by atoms with E-state index in [1.165, 1.54) is 0 Å². The highest BCUT2D eigenvalue weighted by Gasteiger charge is 2.06. The lowest BCUT2D eigenvalue weighted by Gasteiger charge is -2.24. The van der Waals surface area contributed by atoms with Gasteiger partial charge < -0.3 is 16.0 Å². The van der Waals surface area contributed by atoms with Crippen molar-refractivity contribution in [3.8, 4) is 0 Å². The van der Waals surface area contributed by atoms with Crippen LogP contribution in [0.3, 0.4) is 0 Å². The van der Waals surface area contributed by atoms with E-state index in [9.17, 15) is 0 Å². The highest BCUT2D eigenvalue weighted by Crippen LogP contribution is 2.11. The van der Waals surface area contributed by atoms with E-state index in [0.29, 0.717) is 6.04 Å². The molecule has 0 aliphatic heterocycles. The summed E-state index contributed by atoms with van der Waals surface area (Å²) in [4.78, 5) is 2.41. The van der Waals surface area contributed by atoms with Gasteiger partial charge in [-0.15, -0.1) is 0 Å². The van der Waals surface area contributed by atoms with E-state index in [4.69, 9.17) is 5.73 Å². The quantitative estimate of drug-likeness (QED) is 0.725. The third-order valence-corrected chi connectivity index (χ3v) is 2.75. The molecule has 90 valence electrons. The van der Waals surface area contributed by atoms with E-state index in [1.54, 1.807) is 0 Å². The van der Waals surface area contributed by atoms with Crippen molar-refractivity contribution in [3.63, 3.8) is 0 Å². The Morgan fingerprint density at radius 1 is 1.19 bits per heavy atom. The number of nitrogen functional groups attached to an aromatic ring is 1. The van der Waals surface area contributed by atoms with Gasteiger partial charge in [0.1, 0.15) is 0 Å². The standard InChI is InChI=1S/C13H23N3/c1-4-16(5-2)10-11(3)15-13-8-6-12(14)7-9-13/h6-9,11,15H,4-5,10,14H2,1-3H3. The summed E-state index contributed by atoms with van der Waals surface area (Å²) in [6.07, 6.45) is 0. The first kappa shape index (κ1) is 12.8. The molecule has 3 nitrogen and oxygen atoms in total. The average molecular weight is 221 g/mol. The van der Waals surface area contributed by atoms with Gasteiger partial charge in [0.25, 0.3) is 0 Å². The zero-order valence-corrected chi connectivity index (χ0v) is 10.5. The Labute approximate surface area is 98.6 Å². The van der Waals surface area contributed by atoms with E-state index in [1.807, 2.05) is 24.3 Å². The smallest absolute Gasteiger partial charge is 0.0360 e. The number of nitrogens with one attached hydrogen (secondary N) is 1. The summed E-state index contributed by atoms with van der Waals surface area (Å²) in [6.45, 7) is 9.86. The van der Waals surface area contributed by atoms with Crippen molar-refractivity contribution < 1.29 is 0 Å². The molecular weight excluding hydrogens is 198 g/mol. The minimum absolute atomic E-state index is 0.448. The molecule has 3 N–H and O–H groups in total. The van der Waals surface area contributed by atoms with Gasteiger partial charge in [0, 0.05) is 24.0 Å². The van der Waals surface area contributed by atoms with Crippen LogP contribution in [0.2, 0.25) is 0 Å². The first-order valence-corrected chi connectivity index (χ1v) is 6.00. The molecule has 1 atom stereocenters. The molecule has 0 radical (unpaired) electrons. The fraction of sp³-hybridized carbons (Fsp3) is 0.538. The van der Waals surface area contributed by atoms with Crippen LogP contribution in [0.5, 0.6) is 0 Å². The van der Waals surface area contributed by atoms with Gasteiger partial charge in [0.15, 0.2) is 0 Å². The molecule has 0 bridgehead atoms. The second-order valence-corrected chi connectivity index (χ2v) is 4.15. The number of anilines is 2. The minimum Gasteiger partial charge on any atom is -0.399 e. The molecule has 3 heteroatoms. The first-order valence-electron chi connectivity index (χ1n) is 6.00. The van der Waals surface area contributed by atoms with E-state index in [0.717, 1.165) is 31.0 Å². The van der Waals surface area contributed by atoms with Crippen LogP contribution in [0, 0.1) is 0 Å². The third-order valence-electron chi connectivity index (χ3n) is 2.75. The molecule has 0 aliphatic rings. The summed E-state index contributed by atoms with van der Waals surface area (Å²) in [5.41, 5.74) is 7.59. The van der Waals surface area contributed by atoms with Crippen LogP contribution in [0.15, 0.2) is 24.3 Å². The second-order valence-electron chi connectivity index (χ2n) is 4.15. The summed E-state index contributed by atoms with van der Waals surface area (Å²) >= 11 is 0. The number of rotatable bonds is 6. The van der Waals surface area contributed by atoms with Crippen LogP contribution in [-0.2, 0) is 0 Å². The molecule has 16 heavy (non-hydrogen) atoms. The SMILES string of the molecule is CCN(CC)CC(C)Nc1ccc(N)cc1. The Morgan fingerprint density at radius 2 is 1.75 bits per heavy atom. The van der Waals surface area contributed by atoms with Gasteiger partial charge in [-0.3, -0.25) is 0 Å². The van der Waals surface area contributed by atoms with Gasteiger partial charge in [-0.25, -0.2) is 0 Å². The topological polar surface area (TPSA) is 41.3 Å². The Bertz CT molecular complexity index is 291. The van der Waals surface area contributed by atoms with Crippen LogP contribution in [0.4, 0.5) is 11.4 Å². The summed E-state index contributed by atoms with van der Waals surface area (Å²) in [7, 11) is 0. The fourth-order valence-corrected chi connectivity index (χ4v) is 1.78. The van der Waals surface area contributed by atoms with Crippen LogP contribution in [0.1, 0.15) is 20.8 Å². The van der Waals surface area contributed by atoms with Gasteiger partial charge in [0.2, 0.25) is 0 Å². The lowest BCUT2D eigenvalue weighted by molar-refractivity contribution is 0.295. The molecule has 0 saturated heterocycles. The normalized spacial score (nSPS) is 12.8. The third kappa shape index (κ3) is 4.11. The average Bonchev–Trinajstić information content (AvgIpc) is 2.29. The molecule has 0 amide bonds. The van der Waals surface area contributed by atoms with Gasteiger partial charge in [-0.2, -0.15) is 0 Å². The van der Waals surface area contributed by atoms with Crippen molar-refractivity contribution in [2.45, 2.75) is 26.8 Å². The molecule has 1 rings (SSSR count). The summed E-state index contributed by atoms with van der Waals surface area (Å²) in [5.74, 6) is 0. The molecular formula is C13H23N3. The predicted octanol–water partition coefficient (Wildman–Crippen LogP) is 2.41. The molecule has 0 aliphatic carbocycles. The van der Waals surface area contributed by atoms with E-state index < -0.39 is 0 Å². The predicted molar refractivity (Wildman–Crippen MR) is 71.7 cm³/mol. The Balaban J connectivity index is 2.44. The highest BCUT2D eigenvalue weighted by molar-refractivity contribution is 5.51. The highest BCUT2D eigenvalue weighted by atomic mass is 15.1. The van der Waals surface area contributed by atoms with Gasteiger partial charge in [-0.05, 0) is 44.3 Å². The van der Waals surface area contributed by atoms with Gasteiger partial charge in [-0.1, -0.05) is 13.8 Å². The van der Waals surface area contributed by atoms with Crippen molar-refractivity contribution in [2.24, 2.45) is 0 Å². The van der Waals surface area contributed by atoms with Crippen molar-refractivity contribution in [1.82, 2.24) is 4.90 Å². The number of hydrogen-bond donors (Lipinski definition) is 2. The van der Waals surface area contributed by atoms with Crippen molar-refractivity contribution in [1.29, 1.82) is 0 Å². The summed E-state index contributed by atoms with van der Waals surface area (Å²) < 4.78 is 0. The monoisotopic (exact) mass is 221 g/mol. The van der Waals surface area contributed by atoms with Crippen LogP contribution in [0.25, 0.3) is 0 Å². The molecule has 0 saturated carbocycles.